The van der Waals surface area contributed by atoms with Gasteiger partial charge in [-0.1, -0.05) is 0 Å². The molecule has 14 heavy (non-hydrogen) atoms. The summed E-state index contributed by atoms with van der Waals surface area (Å²) in [6.07, 6.45) is 0. The van der Waals surface area contributed by atoms with Crippen molar-refractivity contribution in [2.45, 2.75) is 0 Å². The van der Waals surface area contributed by atoms with Crippen LogP contribution in [0.25, 0.3) is 10.4 Å². The normalized spacial score (nSPS) is 10.3. The zero-order valence-corrected chi connectivity index (χ0v) is 8.21. The molecule has 0 aliphatic heterocycles. The molecule has 5 N–H and O–H groups in total. The molecule has 0 aliphatic carbocycles. The molecular weight excluding hydrogens is 196 g/mol. The number of nitrogens with two attached hydrogens (primary N) is 2. The maximum Gasteiger partial charge on any atom is 0.134 e. The summed E-state index contributed by atoms with van der Waals surface area (Å²) in [6.45, 7) is 0. The van der Waals surface area contributed by atoms with Gasteiger partial charge < -0.3 is 16.6 Å². The van der Waals surface area contributed by atoms with Gasteiger partial charge >= 0.3 is 0 Å². The summed E-state index contributed by atoms with van der Waals surface area (Å²) in [4.78, 5) is 0.780. The fourth-order valence-corrected chi connectivity index (χ4v) is 2.13. The molecule has 3 nitrogen and oxygen atoms in total. The second-order valence-electron chi connectivity index (χ2n) is 2.98. The van der Waals surface area contributed by atoms with Crippen LogP contribution in [0.2, 0.25) is 0 Å². The second-order valence-corrected chi connectivity index (χ2v) is 3.90. The van der Waals surface area contributed by atoms with E-state index >= 15 is 0 Å². The summed E-state index contributed by atoms with van der Waals surface area (Å²) >= 11 is 1.45. The fourth-order valence-electron chi connectivity index (χ4n) is 1.29. The van der Waals surface area contributed by atoms with Gasteiger partial charge in [0.05, 0.1) is 4.88 Å². The Bertz CT molecular complexity index is 465. The molecule has 0 bridgehead atoms. The Hall–Kier alpha value is -1.68. The highest BCUT2D eigenvalue weighted by molar-refractivity contribution is 7.14. The van der Waals surface area contributed by atoms with E-state index in [0.717, 1.165) is 10.4 Å². The maximum absolute atomic E-state index is 9.52. The number of hydrogen-bond acceptors (Lipinski definition) is 4. The zero-order chi connectivity index (χ0) is 10.1. The number of aromatic hydroxyl groups is 1. The second kappa shape index (κ2) is 3.23. The largest absolute Gasteiger partial charge is 0.506 e. The van der Waals surface area contributed by atoms with Gasteiger partial charge in [-0.25, -0.2) is 0 Å². The van der Waals surface area contributed by atoms with Crippen molar-refractivity contribution < 1.29 is 5.11 Å². The topological polar surface area (TPSA) is 72.3 Å². The molecule has 0 saturated carbocycles. The first kappa shape index (κ1) is 8.90. The monoisotopic (exact) mass is 206 g/mol. The van der Waals surface area contributed by atoms with Crippen LogP contribution in [0.15, 0.2) is 29.6 Å². The molecular formula is C10H10N2OS. The molecule has 0 fully saturated rings. The third kappa shape index (κ3) is 1.40. The minimum Gasteiger partial charge on any atom is -0.506 e. The quantitative estimate of drug-likeness (QED) is 0.627. The predicted molar refractivity (Wildman–Crippen MR) is 60.2 cm³/mol. The summed E-state index contributed by atoms with van der Waals surface area (Å²) in [7, 11) is 0. The van der Waals surface area contributed by atoms with Gasteiger partial charge in [-0.3, -0.25) is 0 Å². The van der Waals surface area contributed by atoms with E-state index in [1.54, 1.807) is 18.2 Å². The number of benzene rings is 1. The Kier molecular flexibility index (Phi) is 2.05. The van der Waals surface area contributed by atoms with Crippen LogP contribution in [0.4, 0.5) is 11.4 Å². The van der Waals surface area contributed by atoms with E-state index in [0.29, 0.717) is 11.4 Å². The minimum absolute atomic E-state index is 0.256. The summed E-state index contributed by atoms with van der Waals surface area (Å²) in [5, 5.41) is 11.3. The molecule has 0 unspecified atom stereocenters. The Labute approximate surface area is 85.6 Å². The van der Waals surface area contributed by atoms with E-state index in [4.69, 9.17) is 11.5 Å². The molecule has 0 atom stereocenters. The van der Waals surface area contributed by atoms with E-state index in [2.05, 4.69) is 0 Å². The van der Waals surface area contributed by atoms with Crippen molar-refractivity contribution in [3.63, 3.8) is 0 Å². The SMILES string of the molecule is Nc1ccc(-c2sccc2O)c(N)c1. The van der Waals surface area contributed by atoms with Crippen LogP contribution in [-0.2, 0) is 0 Å². The van der Waals surface area contributed by atoms with Gasteiger partial charge in [-0.05, 0) is 29.6 Å². The van der Waals surface area contributed by atoms with Crippen LogP contribution in [0.3, 0.4) is 0 Å². The molecule has 0 amide bonds. The number of anilines is 2. The minimum atomic E-state index is 0.256. The van der Waals surface area contributed by atoms with Crippen LogP contribution < -0.4 is 11.5 Å². The van der Waals surface area contributed by atoms with Gasteiger partial charge in [0.1, 0.15) is 5.75 Å². The predicted octanol–water partition coefficient (Wildman–Crippen LogP) is 2.29. The number of rotatable bonds is 1. The molecule has 2 rings (SSSR count). The highest BCUT2D eigenvalue weighted by Crippen LogP contribution is 2.38. The van der Waals surface area contributed by atoms with Crippen molar-refractivity contribution in [3.8, 4) is 16.2 Å². The highest BCUT2D eigenvalue weighted by atomic mass is 32.1. The standard InChI is InChI=1S/C10H10N2OS/c11-6-1-2-7(8(12)5-6)10-9(13)3-4-14-10/h1-5,13H,11-12H2. The van der Waals surface area contributed by atoms with Gasteiger partial charge in [0.15, 0.2) is 0 Å². The molecule has 4 heteroatoms. The van der Waals surface area contributed by atoms with Crippen LogP contribution >= 0.6 is 11.3 Å². The Morgan fingerprint density at radius 1 is 1.14 bits per heavy atom. The van der Waals surface area contributed by atoms with Crippen molar-refractivity contribution in [2.24, 2.45) is 0 Å². The van der Waals surface area contributed by atoms with Crippen molar-refractivity contribution in [1.29, 1.82) is 0 Å². The van der Waals surface area contributed by atoms with Crippen molar-refractivity contribution >= 4 is 22.7 Å². The highest BCUT2D eigenvalue weighted by Gasteiger charge is 2.08. The first-order valence-corrected chi connectivity index (χ1v) is 4.98. The molecule has 1 heterocycles. The average molecular weight is 206 g/mol. The summed E-state index contributed by atoms with van der Waals surface area (Å²) < 4.78 is 0. The van der Waals surface area contributed by atoms with E-state index in [9.17, 15) is 5.11 Å². The van der Waals surface area contributed by atoms with Gasteiger partial charge in [-0.15, -0.1) is 11.3 Å². The third-order valence-electron chi connectivity index (χ3n) is 1.96. The van der Waals surface area contributed by atoms with Crippen LogP contribution in [0.1, 0.15) is 0 Å². The Morgan fingerprint density at radius 2 is 1.93 bits per heavy atom. The smallest absolute Gasteiger partial charge is 0.134 e. The summed E-state index contributed by atoms with van der Waals surface area (Å²) in [6, 6.07) is 6.92. The lowest BCUT2D eigenvalue weighted by molar-refractivity contribution is 0.479. The van der Waals surface area contributed by atoms with Gasteiger partial charge in [0.2, 0.25) is 0 Å². The zero-order valence-electron chi connectivity index (χ0n) is 7.40. The first-order chi connectivity index (χ1) is 6.68. The van der Waals surface area contributed by atoms with E-state index in [-0.39, 0.29) is 5.75 Å². The van der Waals surface area contributed by atoms with E-state index < -0.39 is 0 Å². The number of thiophene rings is 1. The average Bonchev–Trinajstić information content (AvgIpc) is 2.52. The lowest BCUT2D eigenvalue weighted by atomic mass is 10.1. The third-order valence-corrected chi connectivity index (χ3v) is 2.90. The molecule has 2 aromatic rings. The Morgan fingerprint density at radius 3 is 2.50 bits per heavy atom. The molecule has 0 spiro atoms. The fraction of sp³-hybridized carbons (Fsp3) is 0. The molecule has 1 aromatic carbocycles. The van der Waals surface area contributed by atoms with Gasteiger partial charge in [0.25, 0.3) is 0 Å². The van der Waals surface area contributed by atoms with Crippen molar-refractivity contribution in [3.05, 3.63) is 29.6 Å². The number of hydrogen-bond donors (Lipinski definition) is 3. The van der Waals surface area contributed by atoms with Crippen LogP contribution in [-0.4, -0.2) is 5.11 Å². The molecule has 0 saturated heterocycles. The lowest BCUT2D eigenvalue weighted by Gasteiger charge is -2.04. The maximum atomic E-state index is 9.52. The summed E-state index contributed by atoms with van der Waals surface area (Å²) in [5.74, 6) is 0.256. The first-order valence-electron chi connectivity index (χ1n) is 4.10. The number of nitrogen functional groups attached to an aromatic ring is 2. The van der Waals surface area contributed by atoms with Gasteiger partial charge in [-0.2, -0.15) is 0 Å². The molecule has 0 radical (unpaired) electrons. The van der Waals surface area contributed by atoms with E-state index in [1.807, 2.05) is 11.4 Å². The lowest BCUT2D eigenvalue weighted by Crippen LogP contribution is -1.92. The van der Waals surface area contributed by atoms with Crippen molar-refractivity contribution in [1.82, 2.24) is 0 Å². The molecule has 0 aliphatic rings. The van der Waals surface area contributed by atoms with E-state index in [1.165, 1.54) is 11.3 Å². The molecule has 1 aromatic heterocycles. The van der Waals surface area contributed by atoms with Crippen molar-refractivity contribution in [2.75, 3.05) is 11.5 Å². The molecule has 72 valence electrons. The van der Waals surface area contributed by atoms with Gasteiger partial charge in [0, 0.05) is 16.9 Å². The van der Waals surface area contributed by atoms with Crippen LogP contribution in [0.5, 0.6) is 5.75 Å². The van der Waals surface area contributed by atoms with Crippen LogP contribution in [0, 0.1) is 0 Å². The summed E-state index contributed by atoms with van der Waals surface area (Å²) in [5.41, 5.74) is 13.4. The Balaban J connectivity index is 2.58.